The van der Waals surface area contributed by atoms with Gasteiger partial charge in [-0.15, -0.1) is 0 Å². The molecule has 0 radical (unpaired) electrons. The summed E-state index contributed by atoms with van der Waals surface area (Å²) in [6, 6.07) is 66.3. The summed E-state index contributed by atoms with van der Waals surface area (Å²) in [5.74, 6) is 0. The van der Waals surface area contributed by atoms with Crippen LogP contribution in [0.3, 0.4) is 0 Å². The van der Waals surface area contributed by atoms with Gasteiger partial charge in [0.05, 0.1) is 11.4 Å². The van der Waals surface area contributed by atoms with Gasteiger partial charge in [0.25, 0.3) is 0 Å². The van der Waals surface area contributed by atoms with E-state index in [1.807, 2.05) is 0 Å². The standard InChI is InChI=1S/C42H31BrN2/c43-34-29-37(44(35-21-9-3-10-22-35)41-27-15-13-25-39(41)32-17-5-1-6-18-32)31-38(30-34)45(36-23-11-4-12-24-36)42-28-16-14-26-40(42)33-19-7-2-8-20-33/h1-31H. The maximum absolute atomic E-state index is 3.91. The number of hydrogen-bond acceptors (Lipinski definition) is 2. The lowest BCUT2D eigenvalue weighted by Gasteiger charge is -2.31. The minimum Gasteiger partial charge on any atom is -0.310 e. The fourth-order valence-corrected chi connectivity index (χ4v) is 6.36. The van der Waals surface area contributed by atoms with Gasteiger partial charge in [0.2, 0.25) is 0 Å². The third-order valence-electron chi connectivity index (χ3n) is 7.87. The predicted octanol–water partition coefficient (Wildman–Crippen LogP) is 12.7. The zero-order valence-electron chi connectivity index (χ0n) is 24.7. The molecule has 0 saturated heterocycles. The first-order chi connectivity index (χ1) is 22.3. The molecule has 7 rings (SSSR count). The Labute approximate surface area is 273 Å². The topological polar surface area (TPSA) is 6.48 Å². The third kappa shape index (κ3) is 6.04. The molecule has 0 saturated carbocycles. The van der Waals surface area contributed by atoms with Gasteiger partial charge in [0.15, 0.2) is 0 Å². The van der Waals surface area contributed by atoms with E-state index < -0.39 is 0 Å². The minimum absolute atomic E-state index is 0.992. The molecule has 0 amide bonds. The number of benzene rings is 7. The maximum Gasteiger partial charge on any atom is 0.0540 e. The summed E-state index contributed by atoms with van der Waals surface area (Å²) < 4.78 is 0.992. The Morgan fingerprint density at radius 2 is 0.644 bits per heavy atom. The molecule has 0 spiro atoms. The lowest BCUT2D eigenvalue weighted by atomic mass is 10.0. The highest BCUT2D eigenvalue weighted by Crippen LogP contribution is 2.46. The highest BCUT2D eigenvalue weighted by atomic mass is 79.9. The van der Waals surface area contributed by atoms with Gasteiger partial charge < -0.3 is 9.80 Å². The molecule has 3 heteroatoms. The Kier molecular flexibility index (Phi) is 8.26. The van der Waals surface area contributed by atoms with Crippen LogP contribution < -0.4 is 9.80 Å². The van der Waals surface area contributed by atoms with E-state index in [0.717, 1.165) is 49.7 Å². The Balaban J connectivity index is 1.45. The molecular weight excluding hydrogens is 612 g/mol. The van der Waals surface area contributed by atoms with Crippen molar-refractivity contribution < 1.29 is 0 Å². The summed E-state index contributed by atoms with van der Waals surface area (Å²) in [5.41, 5.74) is 11.2. The van der Waals surface area contributed by atoms with Crippen LogP contribution in [0.25, 0.3) is 22.3 Å². The Morgan fingerprint density at radius 1 is 0.311 bits per heavy atom. The summed E-state index contributed by atoms with van der Waals surface area (Å²) >= 11 is 3.91. The molecule has 2 nitrogen and oxygen atoms in total. The smallest absolute Gasteiger partial charge is 0.0540 e. The van der Waals surface area contributed by atoms with Crippen LogP contribution in [0.15, 0.2) is 193 Å². The van der Waals surface area contributed by atoms with Gasteiger partial charge in [-0.1, -0.05) is 149 Å². The lowest BCUT2D eigenvalue weighted by Crippen LogP contribution is -2.14. The van der Waals surface area contributed by atoms with Gasteiger partial charge >= 0.3 is 0 Å². The van der Waals surface area contributed by atoms with Crippen LogP contribution in [0.2, 0.25) is 0 Å². The summed E-state index contributed by atoms with van der Waals surface area (Å²) in [4.78, 5) is 4.70. The monoisotopic (exact) mass is 642 g/mol. The molecule has 0 atom stereocenters. The number of para-hydroxylation sites is 4. The van der Waals surface area contributed by atoms with Crippen molar-refractivity contribution in [3.05, 3.63) is 193 Å². The molecule has 45 heavy (non-hydrogen) atoms. The number of hydrogen-bond donors (Lipinski definition) is 0. The summed E-state index contributed by atoms with van der Waals surface area (Å²) in [7, 11) is 0. The van der Waals surface area contributed by atoms with Crippen molar-refractivity contribution >= 4 is 50.1 Å². The molecule has 0 fully saturated rings. The fraction of sp³-hybridized carbons (Fsp3) is 0. The van der Waals surface area contributed by atoms with E-state index in [9.17, 15) is 0 Å². The van der Waals surface area contributed by atoms with Crippen LogP contribution in [0, 0.1) is 0 Å². The molecule has 7 aromatic carbocycles. The molecule has 7 aromatic rings. The number of nitrogens with zero attached hydrogens (tertiary/aromatic N) is 2. The molecule has 0 aromatic heterocycles. The SMILES string of the molecule is Brc1cc(N(c2ccccc2)c2ccccc2-c2ccccc2)cc(N(c2ccccc2)c2ccccc2-c2ccccc2)c1. The van der Waals surface area contributed by atoms with Crippen LogP contribution in [0.1, 0.15) is 0 Å². The van der Waals surface area contributed by atoms with Crippen molar-refractivity contribution in [2.24, 2.45) is 0 Å². The van der Waals surface area contributed by atoms with E-state index in [2.05, 4.69) is 214 Å². The van der Waals surface area contributed by atoms with Gasteiger partial charge in [-0.25, -0.2) is 0 Å². The van der Waals surface area contributed by atoms with E-state index >= 15 is 0 Å². The Hall–Kier alpha value is -5.38. The van der Waals surface area contributed by atoms with Crippen LogP contribution >= 0.6 is 15.9 Å². The van der Waals surface area contributed by atoms with Crippen LogP contribution in [-0.4, -0.2) is 0 Å². The number of rotatable bonds is 8. The molecule has 0 aliphatic carbocycles. The van der Waals surface area contributed by atoms with Crippen molar-refractivity contribution in [1.82, 2.24) is 0 Å². The average molecular weight is 644 g/mol. The van der Waals surface area contributed by atoms with Crippen LogP contribution in [0.4, 0.5) is 34.1 Å². The zero-order chi connectivity index (χ0) is 30.4. The molecule has 0 aliphatic heterocycles. The van der Waals surface area contributed by atoms with E-state index in [-0.39, 0.29) is 0 Å². The first-order valence-corrected chi connectivity index (χ1v) is 15.9. The highest BCUT2D eigenvalue weighted by Gasteiger charge is 2.21. The second-order valence-corrected chi connectivity index (χ2v) is 11.7. The van der Waals surface area contributed by atoms with E-state index in [1.54, 1.807) is 0 Å². The number of anilines is 6. The van der Waals surface area contributed by atoms with Gasteiger partial charge in [0, 0.05) is 38.3 Å². The molecule has 216 valence electrons. The van der Waals surface area contributed by atoms with Crippen molar-refractivity contribution in [1.29, 1.82) is 0 Å². The van der Waals surface area contributed by atoms with E-state index in [1.165, 1.54) is 11.1 Å². The Morgan fingerprint density at radius 3 is 1.04 bits per heavy atom. The number of halogens is 1. The zero-order valence-corrected chi connectivity index (χ0v) is 26.3. The molecular formula is C42H31BrN2. The second kappa shape index (κ2) is 13.1. The normalized spacial score (nSPS) is 10.8. The molecule has 0 bridgehead atoms. The molecule has 0 heterocycles. The molecule has 0 N–H and O–H groups in total. The minimum atomic E-state index is 0.992. The second-order valence-electron chi connectivity index (χ2n) is 10.8. The van der Waals surface area contributed by atoms with Crippen LogP contribution in [-0.2, 0) is 0 Å². The van der Waals surface area contributed by atoms with Gasteiger partial charge in [-0.3, -0.25) is 0 Å². The summed E-state index contributed by atoms with van der Waals surface area (Å²) in [5, 5.41) is 0. The van der Waals surface area contributed by atoms with E-state index in [0.29, 0.717) is 0 Å². The third-order valence-corrected chi connectivity index (χ3v) is 8.33. The first-order valence-electron chi connectivity index (χ1n) is 15.1. The molecule has 0 aliphatic rings. The van der Waals surface area contributed by atoms with Crippen molar-refractivity contribution in [3.63, 3.8) is 0 Å². The van der Waals surface area contributed by atoms with Crippen molar-refractivity contribution in [3.8, 4) is 22.3 Å². The van der Waals surface area contributed by atoms with Crippen molar-refractivity contribution in [2.75, 3.05) is 9.80 Å². The summed E-state index contributed by atoms with van der Waals surface area (Å²) in [6.07, 6.45) is 0. The predicted molar refractivity (Wildman–Crippen MR) is 194 cm³/mol. The average Bonchev–Trinajstić information content (AvgIpc) is 3.11. The quantitative estimate of drug-likeness (QED) is 0.163. The fourth-order valence-electron chi connectivity index (χ4n) is 5.89. The van der Waals surface area contributed by atoms with Crippen molar-refractivity contribution in [2.45, 2.75) is 0 Å². The Bertz CT molecular complexity index is 1860. The molecule has 0 unspecified atom stereocenters. The van der Waals surface area contributed by atoms with Gasteiger partial charge in [-0.2, -0.15) is 0 Å². The lowest BCUT2D eigenvalue weighted by molar-refractivity contribution is 1.24. The first kappa shape index (κ1) is 28.4. The van der Waals surface area contributed by atoms with Crippen LogP contribution in [0.5, 0.6) is 0 Å². The maximum atomic E-state index is 3.91. The largest absolute Gasteiger partial charge is 0.310 e. The van der Waals surface area contributed by atoms with Gasteiger partial charge in [-0.05, 0) is 65.7 Å². The highest BCUT2D eigenvalue weighted by molar-refractivity contribution is 9.10. The van der Waals surface area contributed by atoms with E-state index in [4.69, 9.17) is 0 Å². The summed E-state index contributed by atoms with van der Waals surface area (Å²) in [6.45, 7) is 0. The van der Waals surface area contributed by atoms with Gasteiger partial charge in [0.1, 0.15) is 0 Å².